The van der Waals surface area contributed by atoms with Crippen LogP contribution in [-0.4, -0.2) is 36.2 Å². The van der Waals surface area contributed by atoms with E-state index in [-0.39, 0.29) is 5.60 Å². The van der Waals surface area contributed by atoms with Crippen LogP contribution in [0.5, 0.6) is 0 Å². The highest BCUT2D eigenvalue weighted by Gasteiger charge is 2.41. The molecule has 1 unspecified atom stereocenters. The van der Waals surface area contributed by atoms with Crippen molar-refractivity contribution in [2.24, 2.45) is 11.3 Å². The van der Waals surface area contributed by atoms with E-state index in [1.807, 2.05) is 0 Å². The second-order valence-electron chi connectivity index (χ2n) is 6.10. The first kappa shape index (κ1) is 15.0. The summed E-state index contributed by atoms with van der Waals surface area (Å²) in [6, 6.07) is 0. The van der Waals surface area contributed by atoms with Gasteiger partial charge in [0.15, 0.2) is 0 Å². The lowest BCUT2D eigenvalue weighted by molar-refractivity contribution is -0.152. The zero-order chi connectivity index (χ0) is 14.0. The monoisotopic (exact) mass is 257 g/mol. The first-order chi connectivity index (χ1) is 8.22. The number of ether oxygens (including phenoxy) is 1. The largest absolute Gasteiger partial charge is 0.481 e. The summed E-state index contributed by atoms with van der Waals surface area (Å²) in [7, 11) is 1.63. The topological polar surface area (TPSA) is 75.6 Å². The Morgan fingerprint density at radius 3 is 2.22 bits per heavy atom. The standard InChI is InChI=1S/C13H23NO4/c1-12(2,3)9(11(16)17)10(15)14-8-13(18-4)6-5-7-13/h9H,5-8H2,1-4H3,(H,14,15)(H,16,17). The summed E-state index contributed by atoms with van der Waals surface area (Å²) in [5.41, 5.74) is -0.883. The van der Waals surface area contributed by atoms with E-state index < -0.39 is 23.2 Å². The van der Waals surface area contributed by atoms with E-state index in [9.17, 15) is 9.59 Å². The Kier molecular flexibility index (Phi) is 4.37. The van der Waals surface area contributed by atoms with Gasteiger partial charge in [0.25, 0.3) is 0 Å². The van der Waals surface area contributed by atoms with Gasteiger partial charge in [-0.3, -0.25) is 9.59 Å². The minimum Gasteiger partial charge on any atom is -0.481 e. The Labute approximate surface area is 108 Å². The number of hydrogen-bond acceptors (Lipinski definition) is 3. The van der Waals surface area contributed by atoms with Gasteiger partial charge < -0.3 is 15.2 Å². The molecular formula is C13H23NO4. The smallest absolute Gasteiger partial charge is 0.316 e. The third-order valence-electron chi connectivity index (χ3n) is 3.66. The molecule has 1 rings (SSSR count). The summed E-state index contributed by atoms with van der Waals surface area (Å²) in [5, 5.41) is 11.9. The van der Waals surface area contributed by atoms with Crippen LogP contribution in [0.25, 0.3) is 0 Å². The van der Waals surface area contributed by atoms with Crippen LogP contribution in [0.2, 0.25) is 0 Å². The van der Waals surface area contributed by atoms with Crippen LogP contribution in [0, 0.1) is 11.3 Å². The zero-order valence-corrected chi connectivity index (χ0v) is 11.6. The summed E-state index contributed by atoms with van der Waals surface area (Å²) >= 11 is 0. The summed E-state index contributed by atoms with van der Waals surface area (Å²) in [6.45, 7) is 5.64. The van der Waals surface area contributed by atoms with Crippen molar-refractivity contribution in [3.63, 3.8) is 0 Å². The number of hydrogen-bond donors (Lipinski definition) is 2. The average molecular weight is 257 g/mol. The van der Waals surface area contributed by atoms with Crippen LogP contribution in [0.4, 0.5) is 0 Å². The Morgan fingerprint density at radius 1 is 1.39 bits per heavy atom. The van der Waals surface area contributed by atoms with Gasteiger partial charge in [-0.15, -0.1) is 0 Å². The number of amides is 1. The second-order valence-corrected chi connectivity index (χ2v) is 6.10. The maximum Gasteiger partial charge on any atom is 0.316 e. The van der Waals surface area contributed by atoms with Crippen molar-refractivity contribution in [3.8, 4) is 0 Å². The highest BCUT2D eigenvalue weighted by molar-refractivity contribution is 5.97. The predicted octanol–water partition coefficient (Wildman–Crippen LogP) is 1.42. The van der Waals surface area contributed by atoms with Gasteiger partial charge >= 0.3 is 5.97 Å². The van der Waals surface area contributed by atoms with Crippen molar-refractivity contribution in [2.75, 3.05) is 13.7 Å². The molecule has 0 radical (unpaired) electrons. The molecular weight excluding hydrogens is 234 g/mol. The molecule has 0 bridgehead atoms. The molecule has 1 saturated carbocycles. The number of rotatable bonds is 5. The highest BCUT2D eigenvalue weighted by atomic mass is 16.5. The molecule has 0 aliphatic heterocycles. The average Bonchev–Trinajstić information content (AvgIpc) is 2.13. The van der Waals surface area contributed by atoms with E-state index in [2.05, 4.69) is 5.32 Å². The van der Waals surface area contributed by atoms with E-state index in [1.54, 1.807) is 27.9 Å². The fourth-order valence-electron chi connectivity index (χ4n) is 2.25. The molecule has 1 atom stereocenters. The van der Waals surface area contributed by atoms with Crippen molar-refractivity contribution >= 4 is 11.9 Å². The molecule has 0 aromatic heterocycles. The van der Waals surface area contributed by atoms with Crippen LogP contribution in [0.15, 0.2) is 0 Å². The first-order valence-corrected chi connectivity index (χ1v) is 6.27. The van der Waals surface area contributed by atoms with E-state index in [0.29, 0.717) is 6.54 Å². The highest BCUT2D eigenvalue weighted by Crippen LogP contribution is 2.34. The number of carbonyl (C=O) groups is 2. The quantitative estimate of drug-likeness (QED) is 0.730. The van der Waals surface area contributed by atoms with Gasteiger partial charge in [0.1, 0.15) is 5.92 Å². The normalized spacial score (nSPS) is 19.8. The van der Waals surface area contributed by atoms with Gasteiger partial charge in [-0.1, -0.05) is 20.8 Å². The van der Waals surface area contributed by atoms with Gasteiger partial charge in [0, 0.05) is 13.7 Å². The van der Waals surface area contributed by atoms with Crippen LogP contribution in [-0.2, 0) is 14.3 Å². The molecule has 1 fully saturated rings. The third kappa shape index (κ3) is 3.22. The van der Waals surface area contributed by atoms with Crippen molar-refractivity contribution in [1.29, 1.82) is 0 Å². The third-order valence-corrected chi connectivity index (χ3v) is 3.66. The van der Waals surface area contributed by atoms with E-state index in [1.165, 1.54) is 0 Å². The number of nitrogens with one attached hydrogen (secondary N) is 1. The summed E-state index contributed by atoms with van der Waals surface area (Å²) in [5.74, 6) is -2.55. The fraction of sp³-hybridized carbons (Fsp3) is 0.846. The minimum atomic E-state index is -1.08. The lowest BCUT2D eigenvalue weighted by Gasteiger charge is -2.41. The molecule has 5 heteroatoms. The lowest BCUT2D eigenvalue weighted by Crippen LogP contribution is -2.52. The molecule has 1 aliphatic carbocycles. The lowest BCUT2D eigenvalue weighted by atomic mass is 9.78. The van der Waals surface area contributed by atoms with E-state index >= 15 is 0 Å². The van der Waals surface area contributed by atoms with E-state index in [0.717, 1.165) is 19.3 Å². The molecule has 2 N–H and O–H groups in total. The Bertz CT molecular complexity index is 323. The van der Waals surface area contributed by atoms with Gasteiger partial charge in [0.05, 0.1) is 5.60 Å². The molecule has 0 heterocycles. The molecule has 0 aromatic rings. The van der Waals surface area contributed by atoms with Crippen molar-refractivity contribution in [2.45, 2.75) is 45.6 Å². The molecule has 1 amide bonds. The van der Waals surface area contributed by atoms with Crippen LogP contribution in [0.1, 0.15) is 40.0 Å². The summed E-state index contributed by atoms with van der Waals surface area (Å²) < 4.78 is 5.39. The van der Waals surface area contributed by atoms with Crippen LogP contribution >= 0.6 is 0 Å². The molecule has 0 aromatic carbocycles. The Morgan fingerprint density at radius 2 is 1.94 bits per heavy atom. The van der Waals surface area contributed by atoms with Gasteiger partial charge in [-0.25, -0.2) is 0 Å². The Hall–Kier alpha value is -1.10. The number of carboxylic acid groups (broad SMARTS) is 1. The fourth-order valence-corrected chi connectivity index (χ4v) is 2.25. The molecule has 18 heavy (non-hydrogen) atoms. The van der Waals surface area contributed by atoms with Gasteiger partial charge in [-0.2, -0.15) is 0 Å². The molecule has 104 valence electrons. The van der Waals surface area contributed by atoms with Crippen LogP contribution < -0.4 is 5.32 Å². The maximum atomic E-state index is 12.0. The predicted molar refractivity (Wildman–Crippen MR) is 67.2 cm³/mol. The maximum absolute atomic E-state index is 12.0. The SMILES string of the molecule is COC1(CNC(=O)C(C(=O)O)C(C)(C)C)CCC1. The summed E-state index contributed by atoms with van der Waals surface area (Å²) in [4.78, 5) is 23.2. The first-order valence-electron chi connectivity index (χ1n) is 6.27. The number of carbonyl (C=O) groups excluding carboxylic acids is 1. The van der Waals surface area contributed by atoms with Crippen molar-refractivity contribution < 1.29 is 19.4 Å². The Balaban J connectivity index is 2.60. The molecule has 1 aliphatic rings. The van der Waals surface area contributed by atoms with Crippen molar-refractivity contribution in [3.05, 3.63) is 0 Å². The second kappa shape index (κ2) is 5.26. The molecule has 0 spiro atoms. The molecule has 0 saturated heterocycles. The van der Waals surface area contributed by atoms with Crippen molar-refractivity contribution in [1.82, 2.24) is 5.32 Å². The molecule has 5 nitrogen and oxygen atoms in total. The van der Waals surface area contributed by atoms with E-state index in [4.69, 9.17) is 9.84 Å². The minimum absolute atomic E-state index is 0.281. The number of methoxy groups -OCH3 is 1. The number of aliphatic carboxylic acids is 1. The van der Waals surface area contributed by atoms with Crippen LogP contribution in [0.3, 0.4) is 0 Å². The zero-order valence-electron chi connectivity index (χ0n) is 11.6. The van der Waals surface area contributed by atoms with Gasteiger partial charge in [-0.05, 0) is 24.7 Å². The van der Waals surface area contributed by atoms with Gasteiger partial charge in [0.2, 0.25) is 5.91 Å². The summed E-state index contributed by atoms with van der Waals surface area (Å²) in [6.07, 6.45) is 2.92. The number of carboxylic acids is 1.